The second kappa shape index (κ2) is 5.67. The minimum absolute atomic E-state index is 0.0586. The van der Waals surface area contributed by atoms with Crippen molar-refractivity contribution < 1.29 is 9.59 Å². The Morgan fingerprint density at radius 2 is 1.67 bits per heavy atom. The molecule has 2 rings (SSSR count). The second-order valence-electron chi connectivity index (χ2n) is 4.79. The van der Waals surface area contributed by atoms with Crippen LogP contribution < -0.4 is 10.9 Å². The number of carbonyl (C=O) groups excluding carboxylic acids is 2. The van der Waals surface area contributed by atoms with Gasteiger partial charge in [0.05, 0.1) is 0 Å². The molecule has 96 valence electrons. The Balaban J connectivity index is 1.84. The second-order valence-corrected chi connectivity index (χ2v) is 4.79. The van der Waals surface area contributed by atoms with Gasteiger partial charge in [-0.2, -0.15) is 0 Å². The minimum atomic E-state index is -0.277. The first kappa shape index (κ1) is 12.6. The van der Waals surface area contributed by atoms with Gasteiger partial charge in [-0.05, 0) is 31.9 Å². The molecule has 1 fully saturated rings. The van der Waals surface area contributed by atoms with E-state index < -0.39 is 0 Å². The van der Waals surface area contributed by atoms with E-state index in [0.29, 0.717) is 5.56 Å². The lowest BCUT2D eigenvalue weighted by molar-refractivity contribution is -0.125. The molecule has 4 heteroatoms. The Morgan fingerprint density at radius 3 is 2.28 bits per heavy atom. The summed E-state index contributed by atoms with van der Waals surface area (Å²) in [6, 6.07) is 7.22. The van der Waals surface area contributed by atoms with E-state index in [1.807, 2.05) is 19.1 Å². The normalized spacial score (nSPS) is 15.4. The Hall–Kier alpha value is -1.84. The van der Waals surface area contributed by atoms with Gasteiger partial charge in [-0.1, -0.05) is 30.5 Å². The topological polar surface area (TPSA) is 58.2 Å². The molecule has 18 heavy (non-hydrogen) atoms. The number of nitrogens with one attached hydrogen (secondary N) is 2. The molecular formula is C14H18N2O2. The Kier molecular flexibility index (Phi) is 3.97. The van der Waals surface area contributed by atoms with Crippen LogP contribution in [0, 0.1) is 12.8 Å². The fourth-order valence-corrected chi connectivity index (χ4v) is 2.19. The van der Waals surface area contributed by atoms with Crippen LogP contribution in [0.3, 0.4) is 0 Å². The highest BCUT2D eigenvalue weighted by atomic mass is 16.2. The average Bonchev–Trinajstić information content (AvgIpc) is 2.90. The summed E-state index contributed by atoms with van der Waals surface area (Å²) >= 11 is 0. The number of amides is 2. The van der Waals surface area contributed by atoms with Crippen molar-refractivity contribution in [2.24, 2.45) is 5.92 Å². The molecular weight excluding hydrogens is 228 g/mol. The van der Waals surface area contributed by atoms with E-state index in [1.165, 1.54) is 0 Å². The predicted molar refractivity (Wildman–Crippen MR) is 68.7 cm³/mol. The van der Waals surface area contributed by atoms with Crippen molar-refractivity contribution in [3.8, 4) is 0 Å². The zero-order chi connectivity index (χ0) is 13.0. The van der Waals surface area contributed by atoms with Gasteiger partial charge >= 0.3 is 0 Å². The summed E-state index contributed by atoms with van der Waals surface area (Å²) in [7, 11) is 0. The number of benzene rings is 1. The van der Waals surface area contributed by atoms with Crippen molar-refractivity contribution in [3.63, 3.8) is 0 Å². The summed E-state index contributed by atoms with van der Waals surface area (Å²) in [6.07, 6.45) is 4.05. The van der Waals surface area contributed by atoms with Crippen molar-refractivity contribution in [1.29, 1.82) is 0 Å². The van der Waals surface area contributed by atoms with Gasteiger partial charge in [-0.25, -0.2) is 0 Å². The van der Waals surface area contributed by atoms with Crippen LogP contribution in [0.25, 0.3) is 0 Å². The zero-order valence-electron chi connectivity index (χ0n) is 10.5. The maximum Gasteiger partial charge on any atom is 0.269 e. The molecule has 1 aromatic carbocycles. The summed E-state index contributed by atoms with van der Waals surface area (Å²) in [5.41, 5.74) is 6.60. The first-order chi connectivity index (χ1) is 8.66. The van der Waals surface area contributed by atoms with Gasteiger partial charge in [0.15, 0.2) is 0 Å². The lowest BCUT2D eigenvalue weighted by atomic mass is 10.1. The van der Waals surface area contributed by atoms with Gasteiger partial charge in [0.25, 0.3) is 5.91 Å². The largest absolute Gasteiger partial charge is 0.273 e. The van der Waals surface area contributed by atoms with Crippen molar-refractivity contribution in [2.75, 3.05) is 0 Å². The molecule has 2 amide bonds. The van der Waals surface area contributed by atoms with Crippen molar-refractivity contribution in [1.82, 2.24) is 10.9 Å². The van der Waals surface area contributed by atoms with E-state index in [4.69, 9.17) is 0 Å². The maximum absolute atomic E-state index is 11.7. The highest BCUT2D eigenvalue weighted by Gasteiger charge is 2.22. The van der Waals surface area contributed by atoms with Crippen LogP contribution in [0.1, 0.15) is 41.6 Å². The summed E-state index contributed by atoms with van der Waals surface area (Å²) in [6.45, 7) is 1.96. The molecule has 0 radical (unpaired) electrons. The Labute approximate surface area is 107 Å². The molecule has 1 aliphatic rings. The van der Waals surface area contributed by atoms with E-state index in [1.54, 1.807) is 12.1 Å². The van der Waals surface area contributed by atoms with E-state index in [0.717, 1.165) is 31.2 Å². The van der Waals surface area contributed by atoms with Crippen LogP contribution in [0.5, 0.6) is 0 Å². The molecule has 0 heterocycles. The van der Waals surface area contributed by atoms with Crippen molar-refractivity contribution in [3.05, 3.63) is 35.4 Å². The third-order valence-corrected chi connectivity index (χ3v) is 3.34. The number of carbonyl (C=O) groups is 2. The average molecular weight is 246 g/mol. The molecule has 0 aromatic heterocycles. The molecule has 0 saturated heterocycles. The van der Waals surface area contributed by atoms with Crippen LogP contribution in [0.4, 0.5) is 0 Å². The molecule has 0 atom stereocenters. The first-order valence-corrected chi connectivity index (χ1v) is 6.33. The molecule has 0 spiro atoms. The van der Waals surface area contributed by atoms with Gasteiger partial charge in [0.2, 0.25) is 5.91 Å². The van der Waals surface area contributed by atoms with E-state index in [9.17, 15) is 9.59 Å². The Bertz CT molecular complexity index is 434. The molecule has 0 bridgehead atoms. The number of hydrogen-bond donors (Lipinski definition) is 2. The third kappa shape index (κ3) is 3.09. The SMILES string of the molecule is Cc1ccc(C(=O)NNC(=O)C2CCCC2)cc1. The van der Waals surface area contributed by atoms with E-state index >= 15 is 0 Å². The molecule has 0 unspecified atom stereocenters. The number of rotatable bonds is 2. The molecule has 1 saturated carbocycles. The van der Waals surface area contributed by atoms with Crippen LogP contribution in [0.2, 0.25) is 0 Å². The first-order valence-electron chi connectivity index (χ1n) is 6.33. The molecule has 0 aliphatic heterocycles. The summed E-state index contributed by atoms with van der Waals surface area (Å²) in [4.78, 5) is 23.5. The third-order valence-electron chi connectivity index (χ3n) is 3.34. The monoisotopic (exact) mass is 246 g/mol. The highest BCUT2D eigenvalue weighted by molar-refractivity contribution is 5.95. The molecule has 4 nitrogen and oxygen atoms in total. The highest BCUT2D eigenvalue weighted by Crippen LogP contribution is 2.24. The summed E-state index contributed by atoms with van der Waals surface area (Å²) in [5, 5.41) is 0. The number of hydrazine groups is 1. The van der Waals surface area contributed by atoms with E-state index in [2.05, 4.69) is 10.9 Å². The predicted octanol–water partition coefficient (Wildman–Crippen LogP) is 1.95. The van der Waals surface area contributed by atoms with Crippen molar-refractivity contribution in [2.45, 2.75) is 32.6 Å². The maximum atomic E-state index is 11.7. The van der Waals surface area contributed by atoms with E-state index in [-0.39, 0.29) is 17.7 Å². The quantitative estimate of drug-likeness (QED) is 0.783. The minimum Gasteiger partial charge on any atom is -0.273 e. The van der Waals surface area contributed by atoms with Crippen LogP contribution in [0.15, 0.2) is 24.3 Å². The van der Waals surface area contributed by atoms with Gasteiger partial charge in [-0.15, -0.1) is 0 Å². The van der Waals surface area contributed by atoms with Gasteiger partial charge in [0.1, 0.15) is 0 Å². The van der Waals surface area contributed by atoms with Gasteiger partial charge < -0.3 is 0 Å². The standard InChI is InChI=1S/C14H18N2O2/c1-10-6-8-12(9-7-10)14(18)16-15-13(17)11-4-2-3-5-11/h6-9,11H,2-5H2,1H3,(H,15,17)(H,16,18). The molecule has 1 aromatic rings. The van der Waals surface area contributed by atoms with Crippen molar-refractivity contribution >= 4 is 11.8 Å². The van der Waals surface area contributed by atoms with Gasteiger partial charge in [-0.3, -0.25) is 20.4 Å². The van der Waals surface area contributed by atoms with Gasteiger partial charge in [0, 0.05) is 11.5 Å². The van der Waals surface area contributed by atoms with Crippen LogP contribution in [-0.4, -0.2) is 11.8 Å². The molecule has 2 N–H and O–H groups in total. The summed E-state index contributed by atoms with van der Waals surface area (Å²) < 4.78 is 0. The Morgan fingerprint density at radius 1 is 1.06 bits per heavy atom. The fraction of sp³-hybridized carbons (Fsp3) is 0.429. The number of hydrogen-bond acceptors (Lipinski definition) is 2. The number of aryl methyl sites for hydroxylation is 1. The van der Waals surface area contributed by atoms with Crippen LogP contribution in [-0.2, 0) is 4.79 Å². The fourth-order valence-electron chi connectivity index (χ4n) is 2.19. The summed E-state index contributed by atoms with van der Waals surface area (Å²) in [5.74, 6) is -0.294. The molecule has 1 aliphatic carbocycles. The lowest BCUT2D eigenvalue weighted by Gasteiger charge is -2.11. The lowest BCUT2D eigenvalue weighted by Crippen LogP contribution is -2.44. The smallest absolute Gasteiger partial charge is 0.269 e. The van der Waals surface area contributed by atoms with Crippen LogP contribution >= 0.6 is 0 Å². The zero-order valence-corrected chi connectivity index (χ0v) is 10.5.